The third-order valence-electron chi connectivity index (χ3n) is 3.27. The van der Waals surface area contributed by atoms with Crippen LogP contribution in [0.15, 0.2) is 52.4 Å². The van der Waals surface area contributed by atoms with Crippen LogP contribution < -0.4 is 5.32 Å². The lowest BCUT2D eigenvalue weighted by atomic mass is 10.2. The molecule has 23 heavy (non-hydrogen) atoms. The van der Waals surface area contributed by atoms with E-state index in [4.69, 9.17) is 0 Å². The van der Waals surface area contributed by atoms with Crippen LogP contribution in [-0.2, 0) is 4.79 Å². The van der Waals surface area contributed by atoms with Gasteiger partial charge in [0.1, 0.15) is 17.2 Å². The van der Waals surface area contributed by atoms with Gasteiger partial charge >= 0.3 is 0 Å². The molecular formula is C17H14N2O3S. The second-order valence-electron chi connectivity index (χ2n) is 5.02. The lowest BCUT2D eigenvalue weighted by molar-refractivity contribution is -0.115. The van der Waals surface area contributed by atoms with Gasteiger partial charge in [0, 0.05) is 0 Å². The second-order valence-corrected chi connectivity index (χ2v) is 6.05. The highest BCUT2D eigenvalue weighted by molar-refractivity contribution is 8.18. The first-order valence-electron chi connectivity index (χ1n) is 6.90. The van der Waals surface area contributed by atoms with Crippen molar-refractivity contribution in [2.24, 2.45) is 4.99 Å². The third kappa shape index (κ3) is 3.37. The number of hydrogen-bond acceptors (Lipinski definition) is 5. The number of hydrogen-bond donors (Lipinski definition) is 3. The SMILES string of the molecule is Cc1cccc(O)c1N=C1NC(=O)/C(=C/c2ccc(O)cc2)S1. The number of amides is 1. The van der Waals surface area contributed by atoms with Gasteiger partial charge in [-0.15, -0.1) is 0 Å². The average Bonchev–Trinajstić information content (AvgIpc) is 2.85. The standard InChI is InChI=1S/C17H14N2O3S/c1-10-3-2-4-13(21)15(10)18-17-19-16(22)14(23-17)9-11-5-7-12(20)8-6-11/h2-9,20-21H,1H3,(H,18,19,22)/b14-9-. The summed E-state index contributed by atoms with van der Waals surface area (Å²) in [6, 6.07) is 11.7. The number of nitrogens with zero attached hydrogens (tertiary/aromatic N) is 1. The van der Waals surface area contributed by atoms with Crippen LogP contribution in [0.4, 0.5) is 5.69 Å². The zero-order chi connectivity index (χ0) is 16.4. The normalized spacial score (nSPS) is 17.7. The lowest BCUT2D eigenvalue weighted by Gasteiger charge is -2.03. The number of phenols is 2. The molecule has 0 aromatic heterocycles. The molecule has 6 heteroatoms. The summed E-state index contributed by atoms with van der Waals surface area (Å²) in [6.07, 6.45) is 1.72. The van der Waals surface area contributed by atoms with Crippen LogP contribution in [0.1, 0.15) is 11.1 Å². The summed E-state index contributed by atoms with van der Waals surface area (Å²) >= 11 is 1.21. The van der Waals surface area contributed by atoms with E-state index < -0.39 is 0 Å². The molecule has 0 saturated carbocycles. The largest absolute Gasteiger partial charge is 0.508 e. The molecule has 1 fully saturated rings. The number of benzene rings is 2. The second kappa shape index (κ2) is 6.18. The summed E-state index contributed by atoms with van der Waals surface area (Å²) in [6.45, 7) is 1.84. The summed E-state index contributed by atoms with van der Waals surface area (Å²) in [7, 11) is 0. The number of aromatic hydroxyl groups is 2. The Morgan fingerprint density at radius 2 is 1.87 bits per heavy atom. The number of aliphatic imine (C=N–C) groups is 1. The van der Waals surface area contributed by atoms with Crippen molar-refractivity contribution in [3.05, 3.63) is 58.5 Å². The van der Waals surface area contributed by atoms with Crippen molar-refractivity contribution in [2.75, 3.05) is 0 Å². The number of phenolic OH excluding ortho intramolecular Hbond substituents is 2. The van der Waals surface area contributed by atoms with Crippen LogP contribution in [0.25, 0.3) is 6.08 Å². The van der Waals surface area contributed by atoms with Crippen molar-refractivity contribution in [3.8, 4) is 11.5 Å². The van der Waals surface area contributed by atoms with E-state index in [-0.39, 0.29) is 17.4 Å². The molecule has 0 radical (unpaired) electrons. The van der Waals surface area contributed by atoms with Gasteiger partial charge in [0.25, 0.3) is 5.91 Å². The van der Waals surface area contributed by atoms with E-state index in [1.54, 1.807) is 42.5 Å². The summed E-state index contributed by atoms with van der Waals surface area (Å²) in [5, 5.41) is 22.3. The third-order valence-corrected chi connectivity index (χ3v) is 4.18. The summed E-state index contributed by atoms with van der Waals surface area (Å²) in [4.78, 5) is 16.9. The Morgan fingerprint density at radius 3 is 2.57 bits per heavy atom. The molecular weight excluding hydrogens is 312 g/mol. The number of carbonyl (C=O) groups is 1. The minimum Gasteiger partial charge on any atom is -0.508 e. The van der Waals surface area contributed by atoms with Crippen LogP contribution in [-0.4, -0.2) is 21.3 Å². The predicted molar refractivity (Wildman–Crippen MR) is 91.8 cm³/mol. The lowest BCUT2D eigenvalue weighted by Crippen LogP contribution is -2.19. The Kier molecular flexibility index (Phi) is 4.08. The Morgan fingerprint density at radius 1 is 1.13 bits per heavy atom. The highest BCUT2D eigenvalue weighted by Crippen LogP contribution is 2.33. The minimum absolute atomic E-state index is 0.0725. The number of para-hydroxylation sites is 1. The number of rotatable bonds is 2. The van der Waals surface area contributed by atoms with Gasteiger partial charge in [-0.05, 0) is 54.1 Å². The van der Waals surface area contributed by atoms with Gasteiger partial charge in [0.2, 0.25) is 0 Å². The quantitative estimate of drug-likeness (QED) is 0.740. The maximum absolute atomic E-state index is 12.0. The summed E-state index contributed by atoms with van der Waals surface area (Å²) < 4.78 is 0. The van der Waals surface area contributed by atoms with Gasteiger partial charge < -0.3 is 15.5 Å². The number of amidine groups is 1. The van der Waals surface area contributed by atoms with Crippen molar-refractivity contribution in [1.82, 2.24) is 5.32 Å². The maximum Gasteiger partial charge on any atom is 0.264 e. The molecule has 2 aromatic carbocycles. The molecule has 0 aliphatic carbocycles. The molecule has 1 saturated heterocycles. The first-order valence-corrected chi connectivity index (χ1v) is 7.72. The van der Waals surface area contributed by atoms with Crippen molar-refractivity contribution >= 4 is 34.6 Å². The van der Waals surface area contributed by atoms with E-state index in [0.29, 0.717) is 15.8 Å². The Balaban J connectivity index is 1.88. The molecule has 1 aliphatic heterocycles. The zero-order valence-electron chi connectivity index (χ0n) is 12.3. The number of aryl methyl sites for hydroxylation is 1. The Labute approximate surface area is 137 Å². The van der Waals surface area contributed by atoms with E-state index in [2.05, 4.69) is 10.3 Å². The van der Waals surface area contributed by atoms with E-state index in [9.17, 15) is 15.0 Å². The molecule has 5 nitrogen and oxygen atoms in total. The smallest absolute Gasteiger partial charge is 0.264 e. The summed E-state index contributed by atoms with van der Waals surface area (Å²) in [5.41, 5.74) is 2.07. The first kappa shape index (κ1) is 15.2. The highest BCUT2D eigenvalue weighted by Gasteiger charge is 2.24. The van der Waals surface area contributed by atoms with Gasteiger partial charge in [0.15, 0.2) is 5.17 Å². The molecule has 1 heterocycles. The van der Waals surface area contributed by atoms with Crippen molar-refractivity contribution in [2.45, 2.75) is 6.92 Å². The minimum atomic E-state index is -0.241. The molecule has 0 spiro atoms. The van der Waals surface area contributed by atoms with E-state index >= 15 is 0 Å². The van der Waals surface area contributed by atoms with Gasteiger partial charge in [-0.1, -0.05) is 24.3 Å². The van der Waals surface area contributed by atoms with Gasteiger partial charge in [-0.25, -0.2) is 4.99 Å². The van der Waals surface area contributed by atoms with Gasteiger partial charge in [0.05, 0.1) is 4.91 Å². The first-order chi connectivity index (χ1) is 11.0. The predicted octanol–water partition coefficient (Wildman–Crippen LogP) is 3.30. The molecule has 1 aliphatic rings. The monoisotopic (exact) mass is 326 g/mol. The molecule has 0 bridgehead atoms. The van der Waals surface area contributed by atoms with E-state index in [0.717, 1.165) is 11.1 Å². The van der Waals surface area contributed by atoms with Crippen LogP contribution in [0.5, 0.6) is 11.5 Å². The zero-order valence-corrected chi connectivity index (χ0v) is 13.1. The van der Waals surface area contributed by atoms with Gasteiger partial charge in [-0.2, -0.15) is 0 Å². The van der Waals surface area contributed by atoms with Crippen LogP contribution in [0.3, 0.4) is 0 Å². The molecule has 0 unspecified atom stereocenters. The fourth-order valence-corrected chi connectivity index (χ4v) is 2.92. The average molecular weight is 326 g/mol. The Bertz CT molecular complexity index is 806. The summed E-state index contributed by atoms with van der Waals surface area (Å²) in [5.74, 6) is 0.00571. The molecule has 3 N–H and O–H groups in total. The molecule has 1 amide bonds. The number of thioether (sulfide) groups is 1. The Hall–Kier alpha value is -2.73. The van der Waals surface area contributed by atoms with Crippen molar-refractivity contribution in [1.29, 1.82) is 0 Å². The van der Waals surface area contributed by atoms with Gasteiger partial charge in [-0.3, -0.25) is 4.79 Å². The molecule has 2 aromatic rings. The maximum atomic E-state index is 12.0. The fraction of sp³-hybridized carbons (Fsp3) is 0.0588. The molecule has 116 valence electrons. The molecule has 0 atom stereocenters. The van der Waals surface area contributed by atoms with Crippen LogP contribution in [0.2, 0.25) is 0 Å². The van der Waals surface area contributed by atoms with Crippen molar-refractivity contribution in [3.63, 3.8) is 0 Å². The fourth-order valence-electron chi connectivity index (χ4n) is 2.09. The van der Waals surface area contributed by atoms with Crippen molar-refractivity contribution < 1.29 is 15.0 Å². The molecule has 3 rings (SSSR count). The van der Waals surface area contributed by atoms with Crippen LogP contribution in [0, 0.1) is 6.92 Å². The number of nitrogens with one attached hydrogen (secondary N) is 1. The number of carbonyl (C=O) groups excluding carboxylic acids is 1. The van der Waals surface area contributed by atoms with E-state index in [1.807, 2.05) is 13.0 Å². The van der Waals surface area contributed by atoms with Crippen LogP contribution >= 0.6 is 11.8 Å². The highest BCUT2D eigenvalue weighted by atomic mass is 32.2. The van der Waals surface area contributed by atoms with E-state index in [1.165, 1.54) is 11.8 Å². The topological polar surface area (TPSA) is 81.9 Å².